The van der Waals surface area contributed by atoms with Crippen molar-refractivity contribution in [3.05, 3.63) is 57.8 Å². The van der Waals surface area contributed by atoms with Crippen molar-refractivity contribution in [2.45, 2.75) is 25.9 Å². The molecule has 0 aliphatic carbocycles. The van der Waals surface area contributed by atoms with Gasteiger partial charge in [0.15, 0.2) is 0 Å². The van der Waals surface area contributed by atoms with Gasteiger partial charge in [0.2, 0.25) is 0 Å². The van der Waals surface area contributed by atoms with Gasteiger partial charge in [0.1, 0.15) is 0 Å². The number of rotatable bonds is 7. The second kappa shape index (κ2) is 7.58. The summed E-state index contributed by atoms with van der Waals surface area (Å²) in [6, 6.07) is 12.4. The highest BCUT2D eigenvalue weighted by Gasteiger charge is 2.09. The van der Waals surface area contributed by atoms with Gasteiger partial charge < -0.3 is 10.0 Å². The van der Waals surface area contributed by atoms with Gasteiger partial charge in [-0.2, -0.15) is 0 Å². The normalized spacial score (nSPS) is 12.8. The second-order valence-corrected chi connectivity index (χ2v) is 6.38. The highest BCUT2D eigenvalue weighted by Crippen LogP contribution is 2.17. The van der Waals surface area contributed by atoms with Crippen LogP contribution < -0.4 is 0 Å². The van der Waals surface area contributed by atoms with Gasteiger partial charge in [0.25, 0.3) is 0 Å². The minimum Gasteiger partial charge on any atom is -0.388 e. The zero-order valence-electron chi connectivity index (χ0n) is 12.2. The number of aliphatic hydroxyl groups excluding tert-OH is 1. The van der Waals surface area contributed by atoms with Crippen LogP contribution in [-0.4, -0.2) is 30.1 Å². The Bertz CT molecular complexity index is 492. The van der Waals surface area contributed by atoms with Crippen molar-refractivity contribution < 1.29 is 5.11 Å². The molecule has 1 aromatic carbocycles. The van der Waals surface area contributed by atoms with Crippen LogP contribution >= 0.6 is 11.3 Å². The topological polar surface area (TPSA) is 23.5 Å². The monoisotopic (exact) mass is 289 g/mol. The summed E-state index contributed by atoms with van der Waals surface area (Å²) >= 11 is 1.81. The maximum Gasteiger partial charge on any atom is 0.0802 e. The molecule has 1 unspecified atom stereocenters. The molecule has 2 aromatic rings. The third kappa shape index (κ3) is 4.75. The lowest BCUT2D eigenvalue weighted by Gasteiger charge is -2.18. The SMILES string of the molecule is Cc1ccc(C(O)CCN(C)CCc2cccs2)cc1. The van der Waals surface area contributed by atoms with E-state index in [4.69, 9.17) is 0 Å². The molecule has 0 bridgehead atoms. The lowest BCUT2D eigenvalue weighted by Crippen LogP contribution is -2.23. The molecule has 0 saturated carbocycles. The van der Waals surface area contributed by atoms with E-state index in [1.165, 1.54) is 10.4 Å². The fourth-order valence-corrected chi connectivity index (χ4v) is 2.86. The number of thiophene rings is 1. The summed E-state index contributed by atoms with van der Waals surface area (Å²) in [4.78, 5) is 3.72. The zero-order chi connectivity index (χ0) is 14.4. The molecule has 0 radical (unpaired) electrons. The van der Waals surface area contributed by atoms with E-state index in [1.807, 2.05) is 23.5 Å². The molecule has 2 rings (SSSR count). The van der Waals surface area contributed by atoms with E-state index in [0.717, 1.165) is 31.5 Å². The van der Waals surface area contributed by atoms with Gasteiger partial charge in [0, 0.05) is 18.0 Å². The van der Waals surface area contributed by atoms with Gasteiger partial charge in [0.05, 0.1) is 6.10 Å². The van der Waals surface area contributed by atoms with E-state index in [2.05, 4.69) is 48.5 Å². The Balaban J connectivity index is 1.72. The largest absolute Gasteiger partial charge is 0.388 e. The van der Waals surface area contributed by atoms with E-state index >= 15 is 0 Å². The lowest BCUT2D eigenvalue weighted by atomic mass is 10.0. The number of hydrogen-bond donors (Lipinski definition) is 1. The molecule has 0 aliphatic heterocycles. The Labute approximate surface area is 125 Å². The van der Waals surface area contributed by atoms with Crippen LogP contribution in [0.3, 0.4) is 0 Å². The van der Waals surface area contributed by atoms with Gasteiger partial charge in [-0.15, -0.1) is 11.3 Å². The molecule has 0 amide bonds. The van der Waals surface area contributed by atoms with Crippen LogP contribution in [0.2, 0.25) is 0 Å². The first-order chi connectivity index (χ1) is 9.65. The van der Waals surface area contributed by atoms with Crippen LogP contribution in [0.5, 0.6) is 0 Å². The Morgan fingerprint density at radius 2 is 1.90 bits per heavy atom. The highest BCUT2D eigenvalue weighted by molar-refractivity contribution is 7.09. The summed E-state index contributed by atoms with van der Waals surface area (Å²) in [7, 11) is 2.12. The standard InChI is InChI=1S/C17H23NOS/c1-14-5-7-15(8-6-14)17(19)10-12-18(2)11-9-16-4-3-13-20-16/h3-8,13,17,19H,9-12H2,1-2H3. The Hall–Kier alpha value is -1.16. The number of aryl methyl sites for hydroxylation is 1. The molecule has 1 aromatic heterocycles. The number of nitrogens with zero attached hydrogens (tertiary/aromatic N) is 1. The molecule has 1 N–H and O–H groups in total. The van der Waals surface area contributed by atoms with Crippen molar-refractivity contribution >= 4 is 11.3 Å². The van der Waals surface area contributed by atoms with E-state index in [-0.39, 0.29) is 6.10 Å². The molecule has 108 valence electrons. The van der Waals surface area contributed by atoms with Crippen LogP contribution in [0.4, 0.5) is 0 Å². The third-order valence-electron chi connectivity index (χ3n) is 3.57. The first-order valence-electron chi connectivity index (χ1n) is 7.10. The van der Waals surface area contributed by atoms with Gasteiger partial charge in [-0.25, -0.2) is 0 Å². The quantitative estimate of drug-likeness (QED) is 0.841. The summed E-state index contributed by atoms with van der Waals surface area (Å²) in [6.45, 7) is 4.02. The molecule has 1 heterocycles. The average molecular weight is 289 g/mol. The number of aliphatic hydroxyl groups is 1. The van der Waals surface area contributed by atoms with E-state index in [1.54, 1.807) is 0 Å². The molecular weight excluding hydrogens is 266 g/mol. The summed E-state index contributed by atoms with van der Waals surface area (Å²) < 4.78 is 0. The molecule has 0 aliphatic rings. The summed E-state index contributed by atoms with van der Waals surface area (Å²) in [5.41, 5.74) is 2.25. The predicted octanol–water partition coefficient (Wildman–Crippen LogP) is 3.65. The minimum atomic E-state index is -0.361. The number of hydrogen-bond acceptors (Lipinski definition) is 3. The van der Waals surface area contributed by atoms with E-state index in [9.17, 15) is 5.11 Å². The van der Waals surface area contributed by atoms with E-state index < -0.39 is 0 Å². The molecule has 0 fully saturated rings. The molecule has 0 spiro atoms. The van der Waals surface area contributed by atoms with Crippen LogP contribution in [0.25, 0.3) is 0 Å². The fourth-order valence-electron chi connectivity index (χ4n) is 2.17. The summed E-state index contributed by atoms with van der Waals surface area (Å²) in [5.74, 6) is 0. The Morgan fingerprint density at radius 1 is 1.15 bits per heavy atom. The van der Waals surface area contributed by atoms with Crippen LogP contribution in [0.1, 0.15) is 28.5 Å². The summed E-state index contributed by atoms with van der Waals surface area (Å²) in [5, 5.41) is 12.3. The van der Waals surface area contributed by atoms with Gasteiger partial charge in [-0.05, 0) is 43.8 Å². The average Bonchev–Trinajstić information content (AvgIpc) is 2.96. The Kier molecular flexibility index (Phi) is 5.77. The number of benzene rings is 1. The van der Waals surface area contributed by atoms with Crippen molar-refractivity contribution in [1.29, 1.82) is 0 Å². The molecule has 2 nitrogen and oxygen atoms in total. The van der Waals surface area contributed by atoms with E-state index in [0.29, 0.717) is 0 Å². The predicted molar refractivity (Wildman–Crippen MR) is 86.3 cm³/mol. The second-order valence-electron chi connectivity index (χ2n) is 5.35. The molecule has 3 heteroatoms. The van der Waals surface area contributed by atoms with Crippen LogP contribution in [-0.2, 0) is 6.42 Å². The molecular formula is C17H23NOS. The van der Waals surface area contributed by atoms with Gasteiger partial charge in [-0.3, -0.25) is 0 Å². The minimum absolute atomic E-state index is 0.361. The van der Waals surface area contributed by atoms with Crippen molar-refractivity contribution in [3.63, 3.8) is 0 Å². The summed E-state index contributed by atoms with van der Waals surface area (Å²) in [6.07, 6.45) is 1.51. The van der Waals surface area contributed by atoms with Crippen molar-refractivity contribution in [2.24, 2.45) is 0 Å². The van der Waals surface area contributed by atoms with Crippen LogP contribution in [0.15, 0.2) is 41.8 Å². The number of likely N-dealkylation sites (N-methyl/N-ethyl adjacent to an activating group) is 1. The first-order valence-corrected chi connectivity index (χ1v) is 7.98. The zero-order valence-corrected chi connectivity index (χ0v) is 13.1. The maximum absolute atomic E-state index is 10.2. The maximum atomic E-state index is 10.2. The third-order valence-corrected chi connectivity index (χ3v) is 4.50. The van der Waals surface area contributed by atoms with Crippen molar-refractivity contribution in [2.75, 3.05) is 20.1 Å². The fraction of sp³-hybridized carbons (Fsp3) is 0.412. The van der Waals surface area contributed by atoms with Gasteiger partial charge in [-0.1, -0.05) is 35.9 Å². The molecule has 0 saturated heterocycles. The molecule has 20 heavy (non-hydrogen) atoms. The molecule has 1 atom stereocenters. The Morgan fingerprint density at radius 3 is 2.55 bits per heavy atom. The first kappa shape index (κ1) is 15.2. The smallest absolute Gasteiger partial charge is 0.0802 e. The lowest BCUT2D eigenvalue weighted by molar-refractivity contribution is 0.149. The van der Waals surface area contributed by atoms with Crippen molar-refractivity contribution in [1.82, 2.24) is 4.90 Å². The van der Waals surface area contributed by atoms with Gasteiger partial charge >= 0.3 is 0 Å². The highest BCUT2D eigenvalue weighted by atomic mass is 32.1. The van der Waals surface area contributed by atoms with Crippen molar-refractivity contribution in [3.8, 4) is 0 Å². The van der Waals surface area contributed by atoms with Crippen LogP contribution in [0, 0.1) is 6.92 Å².